The molecule has 2 rings (SSSR count). The Labute approximate surface area is 140 Å². The summed E-state index contributed by atoms with van der Waals surface area (Å²) in [7, 11) is 1.66. The second-order valence-corrected chi connectivity index (χ2v) is 6.00. The first-order chi connectivity index (χ1) is 10.5. The molecule has 1 atom stereocenters. The Kier molecular flexibility index (Phi) is 5.53. The van der Waals surface area contributed by atoms with E-state index in [0.29, 0.717) is 35.2 Å². The fourth-order valence-electron chi connectivity index (χ4n) is 2.56. The number of nitrogens with zero attached hydrogens (tertiary/aromatic N) is 2. The van der Waals surface area contributed by atoms with Crippen molar-refractivity contribution in [1.29, 1.82) is 0 Å². The summed E-state index contributed by atoms with van der Waals surface area (Å²) in [4.78, 5) is 27.8. The molecule has 1 aliphatic heterocycles. The monoisotopic (exact) mass is 343 g/mol. The van der Waals surface area contributed by atoms with E-state index in [-0.39, 0.29) is 11.9 Å². The highest BCUT2D eigenvalue weighted by Crippen LogP contribution is 2.28. The van der Waals surface area contributed by atoms with Gasteiger partial charge in [0.1, 0.15) is 6.04 Å². The van der Waals surface area contributed by atoms with Crippen LogP contribution in [0.15, 0.2) is 18.2 Å². The van der Waals surface area contributed by atoms with Crippen molar-refractivity contribution in [3.63, 3.8) is 0 Å². The van der Waals surface area contributed by atoms with Crippen LogP contribution in [0.3, 0.4) is 0 Å². The summed E-state index contributed by atoms with van der Waals surface area (Å²) in [5.74, 6) is -0.101. The van der Waals surface area contributed by atoms with Gasteiger partial charge in [-0.15, -0.1) is 0 Å². The number of halogens is 2. The zero-order chi connectivity index (χ0) is 16.3. The second-order valence-electron chi connectivity index (χ2n) is 5.19. The predicted molar refractivity (Wildman–Crippen MR) is 88.7 cm³/mol. The highest BCUT2D eigenvalue weighted by atomic mass is 35.5. The molecule has 0 radical (unpaired) electrons. The molecule has 1 aromatic rings. The SMILES string of the molecule is CCNC(=O)[C@H]1CCCN1C(=O)N(C)c1ccc(Cl)c(Cl)c1. The van der Waals surface area contributed by atoms with E-state index in [4.69, 9.17) is 23.2 Å². The van der Waals surface area contributed by atoms with E-state index in [1.165, 1.54) is 4.90 Å². The summed E-state index contributed by atoms with van der Waals surface area (Å²) in [6.45, 7) is 2.99. The van der Waals surface area contributed by atoms with Gasteiger partial charge in [-0.25, -0.2) is 4.79 Å². The highest BCUT2D eigenvalue weighted by molar-refractivity contribution is 6.42. The van der Waals surface area contributed by atoms with Gasteiger partial charge in [0, 0.05) is 25.8 Å². The first kappa shape index (κ1) is 16.9. The maximum Gasteiger partial charge on any atom is 0.324 e. The Morgan fingerprint density at radius 1 is 1.36 bits per heavy atom. The van der Waals surface area contributed by atoms with Gasteiger partial charge in [0.15, 0.2) is 0 Å². The smallest absolute Gasteiger partial charge is 0.324 e. The highest BCUT2D eigenvalue weighted by Gasteiger charge is 2.35. The number of anilines is 1. The largest absolute Gasteiger partial charge is 0.355 e. The molecule has 0 saturated carbocycles. The Hall–Kier alpha value is -1.46. The Morgan fingerprint density at radius 2 is 2.09 bits per heavy atom. The van der Waals surface area contributed by atoms with Gasteiger partial charge in [-0.3, -0.25) is 9.69 Å². The summed E-state index contributed by atoms with van der Waals surface area (Å²) in [6.07, 6.45) is 1.51. The van der Waals surface area contributed by atoms with Gasteiger partial charge in [-0.05, 0) is 38.0 Å². The molecular weight excluding hydrogens is 325 g/mol. The molecule has 7 heteroatoms. The minimum Gasteiger partial charge on any atom is -0.355 e. The van der Waals surface area contributed by atoms with Crippen LogP contribution in [-0.4, -0.2) is 43.0 Å². The summed E-state index contributed by atoms with van der Waals surface area (Å²) < 4.78 is 0. The average Bonchev–Trinajstić information content (AvgIpc) is 2.98. The molecule has 1 aromatic carbocycles. The molecule has 120 valence electrons. The molecular formula is C15H19Cl2N3O2. The van der Waals surface area contributed by atoms with Crippen LogP contribution in [0.1, 0.15) is 19.8 Å². The second kappa shape index (κ2) is 7.20. The number of hydrogen-bond acceptors (Lipinski definition) is 2. The predicted octanol–water partition coefficient (Wildman–Crippen LogP) is 3.15. The summed E-state index contributed by atoms with van der Waals surface area (Å²) in [5.41, 5.74) is 0.640. The number of benzene rings is 1. The molecule has 0 spiro atoms. The van der Waals surface area contributed by atoms with Crippen LogP contribution in [-0.2, 0) is 4.79 Å². The van der Waals surface area contributed by atoms with E-state index in [2.05, 4.69) is 5.32 Å². The van der Waals surface area contributed by atoms with Gasteiger partial charge in [0.2, 0.25) is 5.91 Å². The van der Waals surface area contributed by atoms with Crippen molar-refractivity contribution < 1.29 is 9.59 Å². The summed E-state index contributed by atoms with van der Waals surface area (Å²) >= 11 is 11.9. The molecule has 1 N–H and O–H groups in total. The molecule has 0 bridgehead atoms. The van der Waals surface area contributed by atoms with E-state index in [1.807, 2.05) is 6.92 Å². The number of likely N-dealkylation sites (N-methyl/N-ethyl adjacent to an activating group) is 1. The van der Waals surface area contributed by atoms with E-state index in [1.54, 1.807) is 30.1 Å². The number of likely N-dealkylation sites (tertiary alicyclic amines) is 1. The maximum absolute atomic E-state index is 12.7. The zero-order valence-corrected chi connectivity index (χ0v) is 14.1. The minimum absolute atomic E-state index is 0.101. The molecule has 0 unspecified atom stereocenters. The number of carbonyl (C=O) groups is 2. The molecule has 1 saturated heterocycles. The van der Waals surface area contributed by atoms with E-state index in [0.717, 1.165) is 6.42 Å². The third kappa shape index (κ3) is 3.47. The van der Waals surface area contributed by atoms with Crippen LogP contribution in [0.5, 0.6) is 0 Å². The molecule has 3 amide bonds. The van der Waals surface area contributed by atoms with Crippen molar-refractivity contribution in [2.75, 3.05) is 25.0 Å². The van der Waals surface area contributed by atoms with Crippen LogP contribution in [0.2, 0.25) is 10.0 Å². The third-order valence-corrected chi connectivity index (χ3v) is 4.47. The van der Waals surface area contributed by atoms with Gasteiger partial charge < -0.3 is 10.2 Å². The Balaban J connectivity index is 2.15. The molecule has 1 heterocycles. The summed E-state index contributed by atoms with van der Waals surface area (Å²) in [5, 5.41) is 3.60. The minimum atomic E-state index is -0.405. The summed E-state index contributed by atoms with van der Waals surface area (Å²) in [6, 6.07) is 4.39. The van der Waals surface area contributed by atoms with Crippen molar-refractivity contribution >= 4 is 40.8 Å². The van der Waals surface area contributed by atoms with Gasteiger partial charge in [-0.2, -0.15) is 0 Å². The third-order valence-electron chi connectivity index (χ3n) is 3.73. The van der Waals surface area contributed by atoms with Crippen molar-refractivity contribution in [2.24, 2.45) is 0 Å². The van der Waals surface area contributed by atoms with Gasteiger partial charge in [0.25, 0.3) is 0 Å². The van der Waals surface area contributed by atoms with Crippen LogP contribution < -0.4 is 10.2 Å². The van der Waals surface area contributed by atoms with Crippen molar-refractivity contribution in [2.45, 2.75) is 25.8 Å². The number of urea groups is 1. The number of carbonyl (C=O) groups excluding carboxylic acids is 2. The number of rotatable bonds is 3. The standard InChI is InChI=1S/C15H19Cl2N3O2/c1-3-18-14(21)13-5-4-8-20(13)15(22)19(2)10-6-7-11(16)12(17)9-10/h6-7,9,13H,3-5,8H2,1-2H3,(H,18,21)/t13-/m1/s1. The first-order valence-corrected chi connectivity index (χ1v) is 7.98. The lowest BCUT2D eigenvalue weighted by atomic mass is 10.2. The molecule has 0 aliphatic carbocycles. The molecule has 0 aromatic heterocycles. The normalized spacial score (nSPS) is 17.5. The lowest BCUT2D eigenvalue weighted by molar-refractivity contribution is -0.124. The number of amides is 3. The first-order valence-electron chi connectivity index (χ1n) is 7.22. The van der Waals surface area contributed by atoms with Crippen LogP contribution in [0.25, 0.3) is 0 Å². The number of nitrogens with one attached hydrogen (secondary N) is 1. The van der Waals surface area contributed by atoms with Crippen LogP contribution in [0, 0.1) is 0 Å². The van der Waals surface area contributed by atoms with Crippen molar-refractivity contribution in [3.8, 4) is 0 Å². The molecule has 22 heavy (non-hydrogen) atoms. The Morgan fingerprint density at radius 3 is 2.73 bits per heavy atom. The van der Waals surface area contributed by atoms with E-state index < -0.39 is 6.04 Å². The van der Waals surface area contributed by atoms with E-state index in [9.17, 15) is 9.59 Å². The quantitative estimate of drug-likeness (QED) is 0.916. The fraction of sp³-hybridized carbons (Fsp3) is 0.467. The van der Waals surface area contributed by atoms with Crippen molar-refractivity contribution in [3.05, 3.63) is 28.2 Å². The molecule has 5 nitrogen and oxygen atoms in total. The fourth-order valence-corrected chi connectivity index (χ4v) is 2.85. The lowest BCUT2D eigenvalue weighted by Crippen LogP contribution is -2.50. The maximum atomic E-state index is 12.7. The number of hydrogen-bond donors (Lipinski definition) is 1. The van der Waals surface area contributed by atoms with Gasteiger partial charge >= 0.3 is 6.03 Å². The molecule has 1 aliphatic rings. The van der Waals surface area contributed by atoms with Gasteiger partial charge in [0.05, 0.1) is 10.0 Å². The lowest BCUT2D eigenvalue weighted by Gasteiger charge is -2.29. The molecule has 1 fully saturated rings. The van der Waals surface area contributed by atoms with E-state index >= 15 is 0 Å². The van der Waals surface area contributed by atoms with Gasteiger partial charge in [-0.1, -0.05) is 23.2 Å². The van der Waals surface area contributed by atoms with Crippen LogP contribution >= 0.6 is 23.2 Å². The topological polar surface area (TPSA) is 52.7 Å². The zero-order valence-electron chi connectivity index (χ0n) is 12.6. The van der Waals surface area contributed by atoms with Crippen molar-refractivity contribution in [1.82, 2.24) is 10.2 Å². The Bertz CT molecular complexity index is 580. The average molecular weight is 344 g/mol. The van der Waals surface area contributed by atoms with Crippen LogP contribution in [0.4, 0.5) is 10.5 Å².